The Balaban J connectivity index is 1.99. The van der Waals surface area contributed by atoms with Gasteiger partial charge in [-0.1, -0.05) is 6.07 Å². The summed E-state index contributed by atoms with van der Waals surface area (Å²) in [6.07, 6.45) is 1.18. The van der Waals surface area contributed by atoms with E-state index in [1.165, 1.54) is 26.8 Å². The maximum atomic E-state index is 12.2. The molecule has 0 aliphatic carbocycles. The lowest BCUT2D eigenvalue weighted by atomic mass is 10.1. The Morgan fingerprint density at radius 2 is 1.36 bits per heavy atom. The lowest BCUT2D eigenvalue weighted by molar-refractivity contribution is -0.114. The molecule has 3 N–H and O–H groups in total. The first-order chi connectivity index (χ1) is 13.2. The van der Waals surface area contributed by atoms with Crippen molar-refractivity contribution in [3.63, 3.8) is 0 Å². The Kier molecular flexibility index (Phi) is 6.81. The molecule has 0 aliphatic heterocycles. The number of rotatable bonds is 6. The van der Waals surface area contributed by atoms with E-state index < -0.39 is 11.8 Å². The predicted octanol–water partition coefficient (Wildman–Crippen LogP) is 3.37. The Labute approximate surface area is 162 Å². The zero-order valence-electron chi connectivity index (χ0n) is 15.8. The number of hydrogen-bond acceptors (Lipinski definition) is 4. The highest BCUT2D eigenvalue weighted by Crippen LogP contribution is 2.15. The van der Waals surface area contributed by atoms with Gasteiger partial charge >= 0.3 is 0 Å². The summed E-state index contributed by atoms with van der Waals surface area (Å²) in [5.41, 5.74) is 2.32. The van der Waals surface area contributed by atoms with Gasteiger partial charge in [0.25, 0.3) is 5.91 Å². The molecule has 0 aliphatic rings. The topological polar surface area (TPSA) is 104 Å². The molecule has 0 heterocycles. The first-order valence-corrected chi connectivity index (χ1v) is 8.54. The standard InChI is InChI=1S/C21H21N3O4/c1-13(21(28)24-17-9-7-16(8-10-17)14(2)25)11-20(27)23-19-6-4-5-18(12-19)22-15(3)26/h4-12H,1-3H3,(H,22,26)(H,23,27)(H,24,28)/b13-11-. The van der Waals surface area contributed by atoms with E-state index in [4.69, 9.17) is 0 Å². The van der Waals surface area contributed by atoms with Gasteiger partial charge in [0.05, 0.1) is 0 Å². The highest BCUT2D eigenvalue weighted by atomic mass is 16.2. The monoisotopic (exact) mass is 379 g/mol. The predicted molar refractivity (Wildman–Crippen MR) is 108 cm³/mol. The summed E-state index contributed by atoms with van der Waals surface area (Å²) in [5, 5.41) is 7.93. The fourth-order valence-electron chi connectivity index (χ4n) is 2.34. The third kappa shape index (κ3) is 6.21. The van der Waals surface area contributed by atoms with Crippen molar-refractivity contribution in [1.29, 1.82) is 0 Å². The SMILES string of the molecule is CC(=O)Nc1cccc(NC(=O)/C=C(/C)C(=O)Nc2ccc(C(C)=O)cc2)c1. The van der Waals surface area contributed by atoms with E-state index in [-0.39, 0.29) is 17.3 Å². The Morgan fingerprint density at radius 1 is 0.750 bits per heavy atom. The molecule has 0 fully saturated rings. The number of carbonyl (C=O) groups excluding carboxylic acids is 4. The minimum atomic E-state index is -0.473. The van der Waals surface area contributed by atoms with Crippen molar-refractivity contribution in [3.8, 4) is 0 Å². The van der Waals surface area contributed by atoms with Crippen LogP contribution in [-0.4, -0.2) is 23.5 Å². The quantitative estimate of drug-likeness (QED) is 0.529. The van der Waals surface area contributed by atoms with Crippen LogP contribution in [0.25, 0.3) is 0 Å². The number of Topliss-reactive ketones (excluding diaryl/α,β-unsaturated/α-hetero) is 1. The molecule has 7 heteroatoms. The number of nitrogens with one attached hydrogen (secondary N) is 3. The van der Waals surface area contributed by atoms with Gasteiger partial charge in [0, 0.05) is 41.2 Å². The van der Waals surface area contributed by atoms with Crippen molar-refractivity contribution in [2.45, 2.75) is 20.8 Å². The Bertz CT molecular complexity index is 946. The average molecular weight is 379 g/mol. The van der Waals surface area contributed by atoms with Crippen molar-refractivity contribution in [2.75, 3.05) is 16.0 Å². The van der Waals surface area contributed by atoms with Gasteiger partial charge in [0.2, 0.25) is 11.8 Å². The van der Waals surface area contributed by atoms with E-state index in [0.29, 0.717) is 22.6 Å². The van der Waals surface area contributed by atoms with E-state index in [0.717, 1.165) is 0 Å². The first kappa shape index (κ1) is 20.6. The van der Waals surface area contributed by atoms with Crippen LogP contribution in [-0.2, 0) is 14.4 Å². The highest BCUT2D eigenvalue weighted by Gasteiger charge is 2.09. The molecule has 0 saturated heterocycles. The van der Waals surface area contributed by atoms with E-state index >= 15 is 0 Å². The summed E-state index contributed by atoms with van der Waals surface area (Å²) in [7, 11) is 0. The van der Waals surface area contributed by atoms with Gasteiger partial charge in [-0.25, -0.2) is 0 Å². The number of ketones is 1. The number of anilines is 3. The molecule has 2 rings (SSSR count). The van der Waals surface area contributed by atoms with Crippen molar-refractivity contribution in [3.05, 3.63) is 65.7 Å². The second kappa shape index (κ2) is 9.27. The summed E-state index contributed by atoms with van der Waals surface area (Å²) < 4.78 is 0. The molecule has 0 unspecified atom stereocenters. The van der Waals surface area contributed by atoms with E-state index in [9.17, 15) is 19.2 Å². The molecule has 2 aromatic rings. The minimum absolute atomic E-state index is 0.0619. The van der Waals surface area contributed by atoms with Gasteiger partial charge in [-0.05, 0) is 56.3 Å². The Hall–Kier alpha value is -3.74. The van der Waals surface area contributed by atoms with Crippen LogP contribution in [0.3, 0.4) is 0 Å². The summed E-state index contributed by atoms with van der Waals surface area (Å²) in [5.74, 6) is -1.18. The Morgan fingerprint density at radius 3 is 1.93 bits per heavy atom. The zero-order chi connectivity index (χ0) is 20.7. The number of amides is 3. The summed E-state index contributed by atoms with van der Waals surface area (Å²) in [4.78, 5) is 46.7. The molecule has 0 aromatic heterocycles. The summed E-state index contributed by atoms with van der Waals surface area (Å²) >= 11 is 0. The van der Waals surface area contributed by atoms with Gasteiger partial charge in [-0.15, -0.1) is 0 Å². The third-order valence-corrected chi connectivity index (χ3v) is 3.71. The van der Waals surface area contributed by atoms with Gasteiger partial charge in [0.1, 0.15) is 0 Å². The smallest absolute Gasteiger partial charge is 0.251 e. The van der Waals surface area contributed by atoms with Crippen LogP contribution in [0.5, 0.6) is 0 Å². The van der Waals surface area contributed by atoms with Gasteiger partial charge in [0.15, 0.2) is 5.78 Å². The fourth-order valence-corrected chi connectivity index (χ4v) is 2.34. The van der Waals surface area contributed by atoms with Crippen molar-refractivity contribution in [1.82, 2.24) is 0 Å². The molecule has 0 radical (unpaired) electrons. The van der Waals surface area contributed by atoms with Crippen LogP contribution in [0.4, 0.5) is 17.1 Å². The third-order valence-electron chi connectivity index (χ3n) is 3.71. The highest BCUT2D eigenvalue weighted by molar-refractivity contribution is 6.10. The molecule has 2 aromatic carbocycles. The zero-order valence-corrected chi connectivity index (χ0v) is 15.8. The van der Waals surface area contributed by atoms with Crippen LogP contribution in [0.2, 0.25) is 0 Å². The maximum Gasteiger partial charge on any atom is 0.251 e. The number of hydrogen-bond donors (Lipinski definition) is 3. The molecule has 0 saturated carbocycles. The second-order valence-corrected chi connectivity index (χ2v) is 6.17. The van der Waals surface area contributed by atoms with Crippen LogP contribution < -0.4 is 16.0 Å². The van der Waals surface area contributed by atoms with E-state index in [1.807, 2.05) is 0 Å². The van der Waals surface area contributed by atoms with Crippen molar-refractivity contribution < 1.29 is 19.2 Å². The van der Waals surface area contributed by atoms with E-state index in [1.54, 1.807) is 48.5 Å². The fraction of sp³-hybridized carbons (Fsp3) is 0.143. The first-order valence-electron chi connectivity index (χ1n) is 8.54. The molecule has 7 nitrogen and oxygen atoms in total. The second-order valence-electron chi connectivity index (χ2n) is 6.17. The lowest BCUT2D eigenvalue weighted by Crippen LogP contribution is -2.16. The molecular formula is C21H21N3O4. The van der Waals surface area contributed by atoms with Gasteiger partial charge in [-0.3, -0.25) is 19.2 Å². The average Bonchev–Trinajstić information content (AvgIpc) is 2.61. The van der Waals surface area contributed by atoms with Gasteiger partial charge < -0.3 is 16.0 Å². The maximum absolute atomic E-state index is 12.2. The van der Waals surface area contributed by atoms with Crippen LogP contribution >= 0.6 is 0 Å². The van der Waals surface area contributed by atoms with Crippen molar-refractivity contribution in [2.24, 2.45) is 0 Å². The largest absolute Gasteiger partial charge is 0.326 e. The summed E-state index contributed by atoms with van der Waals surface area (Å²) in [6.45, 7) is 4.38. The molecule has 0 bridgehead atoms. The minimum Gasteiger partial charge on any atom is -0.326 e. The summed E-state index contributed by atoms with van der Waals surface area (Å²) in [6, 6.07) is 13.1. The molecule has 0 spiro atoms. The molecule has 0 atom stereocenters. The van der Waals surface area contributed by atoms with Crippen molar-refractivity contribution >= 4 is 40.6 Å². The number of carbonyl (C=O) groups is 4. The van der Waals surface area contributed by atoms with Crippen LogP contribution in [0.15, 0.2) is 60.2 Å². The van der Waals surface area contributed by atoms with Gasteiger partial charge in [-0.2, -0.15) is 0 Å². The lowest BCUT2D eigenvalue weighted by Gasteiger charge is -2.08. The molecule has 3 amide bonds. The molecule has 28 heavy (non-hydrogen) atoms. The number of benzene rings is 2. The van der Waals surface area contributed by atoms with Crippen LogP contribution in [0.1, 0.15) is 31.1 Å². The normalized spacial score (nSPS) is 10.8. The van der Waals surface area contributed by atoms with E-state index in [2.05, 4.69) is 16.0 Å². The molecule has 144 valence electrons. The molecular weight excluding hydrogens is 358 g/mol. The van der Waals surface area contributed by atoms with Crippen LogP contribution in [0, 0.1) is 0 Å².